The standard InChI is InChI=1S/C11H13N3O2/c1-7(12)11-13-10(14-16-11)6-8-2-4-9(15)5-3-8/h2-5,7,15H,6,12H2,1H3. The average molecular weight is 219 g/mol. The summed E-state index contributed by atoms with van der Waals surface area (Å²) < 4.78 is 4.99. The summed E-state index contributed by atoms with van der Waals surface area (Å²) >= 11 is 0. The number of rotatable bonds is 3. The van der Waals surface area contributed by atoms with Gasteiger partial charge in [0.05, 0.1) is 6.04 Å². The van der Waals surface area contributed by atoms with Gasteiger partial charge in [0.25, 0.3) is 0 Å². The van der Waals surface area contributed by atoms with Crippen LogP contribution < -0.4 is 5.73 Å². The number of benzene rings is 1. The van der Waals surface area contributed by atoms with Gasteiger partial charge in [-0.25, -0.2) is 0 Å². The third-order valence-corrected chi connectivity index (χ3v) is 2.17. The topological polar surface area (TPSA) is 85.2 Å². The highest BCUT2D eigenvalue weighted by Gasteiger charge is 2.10. The van der Waals surface area contributed by atoms with Crippen molar-refractivity contribution in [3.05, 3.63) is 41.5 Å². The molecule has 16 heavy (non-hydrogen) atoms. The molecule has 0 fully saturated rings. The van der Waals surface area contributed by atoms with Gasteiger partial charge in [-0.2, -0.15) is 4.98 Å². The molecule has 0 aliphatic heterocycles. The number of hydrogen-bond donors (Lipinski definition) is 2. The number of aromatic hydroxyl groups is 1. The molecule has 0 bridgehead atoms. The second-order valence-electron chi connectivity index (χ2n) is 3.68. The van der Waals surface area contributed by atoms with E-state index in [0.29, 0.717) is 18.1 Å². The average Bonchev–Trinajstić information content (AvgIpc) is 2.70. The molecule has 1 heterocycles. The molecule has 0 amide bonds. The maximum absolute atomic E-state index is 9.13. The largest absolute Gasteiger partial charge is 0.508 e. The van der Waals surface area contributed by atoms with E-state index in [1.165, 1.54) is 0 Å². The van der Waals surface area contributed by atoms with E-state index in [1.807, 2.05) is 12.1 Å². The number of nitrogens with zero attached hydrogens (tertiary/aromatic N) is 2. The van der Waals surface area contributed by atoms with Gasteiger partial charge in [-0.05, 0) is 24.6 Å². The number of hydrogen-bond acceptors (Lipinski definition) is 5. The van der Waals surface area contributed by atoms with Crippen molar-refractivity contribution in [3.8, 4) is 5.75 Å². The van der Waals surface area contributed by atoms with Crippen molar-refractivity contribution >= 4 is 0 Å². The first-order valence-corrected chi connectivity index (χ1v) is 5.01. The second-order valence-corrected chi connectivity index (χ2v) is 3.68. The summed E-state index contributed by atoms with van der Waals surface area (Å²) in [4.78, 5) is 4.16. The van der Waals surface area contributed by atoms with Crippen molar-refractivity contribution < 1.29 is 9.63 Å². The number of aromatic nitrogens is 2. The Kier molecular flexibility index (Phi) is 2.87. The van der Waals surface area contributed by atoms with Gasteiger partial charge in [0, 0.05) is 6.42 Å². The van der Waals surface area contributed by atoms with Crippen molar-refractivity contribution in [2.45, 2.75) is 19.4 Å². The molecular weight excluding hydrogens is 206 g/mol. The minimum absolute atomic E-state index is 0.244. The maximum Gasteiger partial charge on any atom is 0.243 e. The molecule has 1 aromatic heterocycles. The van der Waals surface area contributed by atoms with Crippen molar-refractivity contribution in [2.75, 3.05) is 0 Å². The Morgan fingerprint density at radius 3 is 2.62 bits per heavy atom. The van der Waals surface area contributed by atoms with E-state index in [2.05, 4.69) is 10.1 Å². The fourth-order valence-electron chi connectivity index (χ4n) is 1.32. The maximum atomic E-state index is 9.13. The Morgan fingerprint density at radius 1 is 1.38 bits per heavy atom. The van der Waals surface area contributed by atoms with Crippen molar-refractivity contribution in [1.82, 2.24) is 10.1 Å². The predicted molar refractivity (Wildman–Crippen MR) is 57.8 cm³/mol. The van der Waals surface area contributed by atoms with Crippen LogP contribution in [0.2, 0.25) is 0 Å². The quantitative estimate of drug-likeness (QED) is 0.814. The van der Waals surface area contributed by atoms with Crippen LogP contribution in [0.1, 0.15) is 30.2 Å². The van der Waals surface area contributed by atoms with Gasteiger partial charge in [-0.1, -0.05) is 17.3 Å². The van der Waals surface area contributed by atoms with Crippen LogP contribution in [-0.2, 0) is 6.42 Å². The lowest BCUT2D eigenvalue weighted by Crippen LogP contribution is -2.05. The Morgan fingerprint density at radius 2 is 2.06 bits per heavy atom. The molecule has 5 nitrogen and oxygen atoms in total. The minimum atomic E-state index is -0.249. The van der Waals surface area contributed by atoms with Crippen LogP contribution in [0.5, 0.6) is 5.75 Å². The van der Waals surface area contributed by atoms with Crippen molar-refractivity contribution in [2.24, 2.45) is 5.73 Å². The third-order valence-electron chi connectivity index (χ3n) is 2.17. The first kappa shape index (κ1) is 10.6. The molecule has 2 rings (SSSR count). The van der Waals surface area contributed by atoms with E-state index < -0.39 is 0 Å². The SMILES string of the molecule is CC(N)c1nc(Cc2ccc(O)cc2)no1. The molecule has 1 aromatic carbocycles. The molecule has 0 saturated heterocycles. The zero-order valence-electron chi connectivity index (χ0n) is 8.92. The number of nitrogens with two attached hydrogens (primary N) is 1. The molecule has 0 saturated carbocycles. The summed E-state index contributed by atoms with van der Waals surface area (Å²) in [6, 6.07) is 6.64. The van der Waals surface area contributed by atoms with Gasteiger partial charge in [0.1, 0.15) is 5.75 Å². The molecule has 0 aliphatic carbocycles. The van der Waals surface area contributed by atoms with Gasteiger partial charge >= 0.3 is 0 Å². The fraction of sp³-hybridized carbons (Fsp3) is 0.273. The lowest BCUT2D eigenvalue weighted by Gasteiger charge is -1.96. The Bertz CT molecular complexity index is 462. The van der Waals surface area contributed by atoms with Gasteiger partial charge in [0.15, 0.2) is 5.82 Å². The second kappa shape index (κ2) is 4.32. The van der Waals surface area contributed by atoms with Crippen LogP contribution in [0.15, 0.2) is 28.8 Å². The van der Waals surface area contributed by atoms with Gasteiger partial charge in [-0.3, -0.25) is 0 Å². The molecule has 1 atom stereocenters. The van der Waals surface area contributed by atoms with E-state index >= 15 is 0 Å². The number of phenols is 1. The molecular formula is C11H13N3O2. The lowest BCUT2D eigenvalue weighted by molar-refractivity contribution is 0.358. The smallest absolute Gasteiger partial charge is 0.243 e. The Balaban J connectivity index is 2.11. The first-order chi connectivity index (χ1) is 7.65. The molecule has 3 N–H and O–H groups in total. The van der Waals surface area contributed by atoms with Gasteiger partial charge in [-0.15, -0.1) is 0 Å². The molecule has 84 valence electrons. The third kappa shape index (κ3) is 2.38. The van der Waals surface area contributed by atoms with Crippen LogP contribution in [-0.4, -0.2) is 15.2 Å². The van der Waals surface area contributed by atoms with Crippen LogP contribution in [0.4, 0.5) is 0 Å². The monoisotopic (exact) mass is 219 g/mol. The molecule has 0 aliphatic rings. The molecule has 5 heteroatoms. The van der Waals surface area contributed by atoms with E-state index in [4.69, 9.17) is 15.4 Å². The van der Waals surface area contributed by atoms with Gasteiger partial charge in [0.2, 0.25) is 5.89 Å². The highest BCUT2D eigenvalue weighted by Crippen LogP contribution is 2.13. The van der Waals surface area contributed by atoms with E-state index in [-0.39, 0.29) is 11.8 Å². The van der Waals surface area contributed by atoms with E-state index in [1.54, 1.807) is 19.1 Å². The van der Waals surface area contributed by atoms with Crippen LogP contribution in [0.25, 0.3) is 0 Å². The van der Waals surface area contributed by atoms with Crippen LogP contribution in [0.3, 0.4) is 0 Å². The van der Waals surface area contributed by atoms with E-state index in [9.17, 15) is 0 Å². The molecule has 2 aromatic rings. The normalized spacial score (nSPS) is 12.6. The Labute approximate surface area is 92.9 Å². The van der Waals surface area contributed by atoms with Crippen LogP contribution >= 0.6 is 0 Å². The predicted octanol–water partition coefficient (Wildman–Crippen LogP) is 1.39. The summed E-state index contributed by atoms with van der Waals surface area (Å²) in [5, 5.41) is 13.0. The zero-order chi connectivity index (χ0) is 11.5. The van der Waals surface area contributed by atoms with Crippen molar-refractivity contribution in [3.63, 3.8) is 0 Å². The summed E-state index contributed by atoms with van der Waals surface area (Å²) in [5.41, 5.74) is 6.62. The Hall–Kier alpha value is -1.88. The highest BCUT2D eigenvalue weighted by molar-refractivity contribution is 5.27. The minimum Gasteiger partial charge on any atom is -0.508 e. The van der Waals surface area contributed by atoms with Gasteiger partial charge < -0.3 is 15.4 Å². The molecule has 0 spiro atoms. The summed E-state index contributed by atoms with van der Waals surface area (Å²) in [7, 11) is 0. The summed E-state index contributed by atoms with van der Waals surface area (Å²) in [6.45, 7) is 1.79. The summed E-state index contributed by atoms with van der Waals surface area (Å²) in [6.07, 6.45) is 0.566. The fourth-order valence-corrected chi connectivity index (χ4v) is 1.32. The number of phenolic OH excluding ortho intramolecular Hbond substituents is 1. The lowest BCUT2D eigenvalue weighted by atomic mass is 10.1. The molecule has 1 unspecified atom stereocenters. The zero-order valence-corrected chi connectivity index (χ0v) is 8.92. The molecule has 0 radical (unpaired) electrons. The van der Waals surface area contributed by atoms with Crippen LogP contribution in [0, 0.1) is 0 Å². The highest BCUT2D eigenvalue weighted by atomic mass is 16.5. The van der Waals surface area contributed by atoms with E-state index in [0.717, 1.165) is 5.56 Å². The summed E-state index contributed by atoms with van der Waals surface area (Å²) in [5.74, 6) is 1.28. The first-order valence-electron chi connectivity index (χ1n) is 5.01. The van der Waals surface area contributed by atoms with Crippen molar-refractivity contribution in [1.29, 1.82) is 0 Å².